The zero-order valence-electron chi connectivity index (χ0n) is 13.0. The van der Waals surface area contributed by atoms with Gasteiger partial charge in [0.1, 0.15) is 18.1 Å². The van der Waals surface area contributed by atoms with Crippen molar-refractivity contribution in [3.8, 4) is 5.75 Å². The van der Waals surface area contributed by atoms with Crippen LogP contribution in [-0.2, 0) is 6.61 Å². The van der Waals surface area contributed by atoms with E-state index in [1.165, 1.54) is 0 Å². The number of hydrogen-bond donors (Lipinski definition) is 0. The van der Waals surface area contributed by atoms with Crippen LogP contribution in [0.3, 0.4) is 0 Å². The van der Waals surface area contributed by atoms with Gasteiger partial charge in [0.15, 0.2) is 0 Å². The first-order chi connectivity index (χ1) is 10.7. The van der Waals surface area contributed by atoms with Crippen LogP contribution in [0.15, 0.2) is 28.8 Å². The van der Waals surface area contributed by atoms with Gasteiger partial charge >= 0.3 is 0 Å². The molecule has 2 heterocycles. The minimum absolute atomic E-state index is 0.0480. The highest BCUT2D eigenvalue weighted by molar-refractivity contribution is 5.97. The summed E-state index contributed by atoms with van der Waals surface area (Å²) in [4.78, 5) is 14.5. The van der Waals surface area contributed by atoms with Gasteiger partial charge in [0, 0.05) is 13.1 Å². The summed E-state index contributed by atoms with van der Waals surface area (Å²) in [5, 5.41) is 3.92. The molecule has 0 radical (unpaired) electrons. The quantitative estimate of drug-likeness (QED) is 0.870. The van der Waals surface area contributed by atoms with E-state index >= 15 is 0 Å². The van der Waals surface area contributed by atoms with Crippen LogP contribution in [0.25, 0.3) is 0 Å². The molecule has 1 aliphatic heterocycles. The van der Waals surface area contributed by atoms with Crippen LogP contribution in [0, 0.1) is 13.8 Å². The number of benzene rings is 1. The van der Waals surface area contributed by atoms with E-state index in [0.29, 0.717) is 17.9 Å². The first kappa shape index (κ1) is 14.6. The maximum atomic E-state index is 12.6. The van der Waals surface area contributed by atoms with Crippen molar-refractivity contribution in [1.29, 1.82) is 0 Å². The number of ether oxygens (including phenoxy) is 1. The highest BCUT2D eigenvalue weighted by Crippen LogP contribution is 2.24. The first-order valence-electron chi connectivity index (χ1n) is 7.59. The number of aryl methyl sites for hydroxylation is 2. The third-order valence-corrected chi connectivity index (χ3v) is 4.06. The molecule has 1 amide bonds. The molecule has 1 aliphatic rings. The van der Waals surface area contributed by atoms with E-state index in [1.54, 1.807) is 0 Å². The number of rotatable bonds is 4. The number of carbonyl (C=O) groups excluding carboxylic acids is 1. The summed E-state index contributed by atoms with van der Waals surface area (Å²) in [5.74, 6) is 1.41. The Balaban J connectivity index is 1.78. The Hall–Kier alpha value is -2.30. The van der Waals surface area contributed by atoms with Crippen molar-refractivity contribution in [3.05, 3.63) is 46.8 Å². The molecule has 0 atom stereocenters. The highest BCUT2D eigenvalue weighted by atomic mass is 16.5. The molecule has 116 valence electrons. The number of para-hydroxylation sites is 1. The molecule has 0 N–H and O–H groups in total. The average molecular weight is 300 g/mol. The van der Waals surface area contributed by atoms with Crippen LogP contribution in [0.1, 0.15) is 40.2 Å². The molecule has 0 aliphatic carbocycles. The fourth-order valence-electron chi connectivity index (χ4n) is 2.72. The van der Waals surface area contributed by atoms with Crippen molar-refractivity contribution in [2.75, 3.05) is 13.1 Å². The first-order valence-corrected chi connectivity index (χ1v) is 7.59. The predicted molar refractivity (Wildman–Crippen MR) is 81.9 cm³/mol. The second kappa shape index (κ2) is 6.22. The molecule has 3 rings (SSSR count). The number of nitrogens with zero attached hydrogens (tertiary/aromatic N) is 2. The third-order valence-electron chi connectivity index (χ3n) is 4.06. The third kappa shape index (κ3) is 2.84. The van der Waals surface area contributed by atoms with Crippen molar-refractivity contribution in [2.24, 2.45) is 0 Å². The van der Waals surface area contributed by atoms with Crippen molar-refractivity contribution >= 4 is 5.91 Å². The number of aromatic nitrogens is 1. The minimum Gasteiger partial charge on any atom is -0.488 e. The number of carbonyl (C=O) groups is 1. The molecular formula is C17H20N2O3. The lowest BCUT2D eigenvalue weighted by molar-refractivity contribution is 0.0788. The monoisotopic (exact) mass is 300 g/mol. The Bertz CT molecular complexity index is 653. The molecule has 1 saturated heterocycles. The van der Waals surface area contributed by atoms with Gasteiger partial charge in [-0.1, -0.05) is 17.3 Å². The molecule has 0 saturated carbocycles. The number of amides is 1. The molecule has 22 heavy (non-hydrogen) atoms. The second-order valence-corrected chi connectivity index (χ2v) is 5.59. The Morgan fingerprint density at radius 3 is 2.68 bits per heavy atom. The van der Waals surface area contributed by atoms with Gasteiger partial charge in [0.2, 0.25) is 0 Å². The molecule has 5 heteroatoms. The van der Waals surface area contributed by atoms with Gasteiger partial charge in [0.05, 0.1) is 16.8 Å². The fourth-order valence-corrected chi connectivity index (χ4v) is 2.72. The van der Waals surface area contributed by atoms with Crippen molar-refractivity contribution in [2.45, 2.75) is 33.3 Å². The van der Waals surface area contributed by atoms with E-state index < -0.39 is 0 Å². The molecule has 1 aromatic heterocycles. The summed E-state index contributed by atoms with van der Waals surface area (Å²) >= 11 is 0. The van der Waals surface area contributed by atoms with Gasteiger partial charge in [0.25, 0.3) is 5.91 Å². The van der Waals surface area contributed by atoms with Gasteiger partial charge < -0.3 is 14.2 Å². The fraction of sp³-hybridized carbons (Fsp3) is 0.412. The molecule has 1 fully saturated rings. The lowest BCUT2D eigenvalue weighted by Crippen LogP contribution is -2.28. The van der Waals surface area contributed by atoms with Gasteiger partial charge in [-0.15, -0.1) is 0 Å². The molecule has 1 aromatic carbocycles. The van der Waals surface area contributed by atoms with Crippen LogP contribution in [0.2, 0.25) is 0 Å². The van der Waals surface area contributed by atoms with Gasteiger partial charge in [-0.05, 0) is 38.8 Å². The summed E-state index contributed by atoms with van der Waals surface area (Å²) in [6.45, 7) is 5.76. The summed E-state index contributed by atoms with van der Waals surface area (Å²) in [7, 11) is 0. The van der Waals surface area contributed by atoms with Crippen LogP contribution >= 0.6 is 0 Å². The average Bonchev–Trinajstić information content (AvgIpc) is 3.16. The van der Waals surface area contributed by atoms with E-state index in [9.17, 15) is 4.79 Å². The Labute approximate surface area is 129 Å². The Kier molecular flexibility index (Phi) is 4.13. The molecule has 5 nitrogen and oxygen atoms in total. The minimum atomic E-state index is 0.0480. The predicted octanol–water partition coefficient (Wildman–Crippen LogP) is 3.11. The lowest BCUT2D eigenvalue weighted by Gasteiger charge is -2.17. The lowest BCUT2D eigenvalue weighted by atomic mass is 10.1. The van der Waals surface area contributed by atoms with Crippen LogP contribution in [-0.4, -0.2) is 29.1 Å². The second-order valence-electron chi connectivity index (χ2n) is 5.59. The molecule has 0 spiro atoms. The van der Waals surface area contributed by atoms with E-state index in [1.807, 2.05) is 43.0 Å². The van der Waals surface area contributed by atoms with Crippen LogP contribution in [0.4, 0.5) is 0 Å². The van der Waals surface area contributed by atoms with E-state index in [-0.39, 0.29) is 5.91 Å². The zero-order valence-corrected chi connectivity index (χ0v) is 13.0. The Morgan fingerprint density at radius 2 is 2.00 bits per heavy atom. The smallest absolute Gasteiger partial charge is 0.257 e. The largest absolute Gasteiger partial charge is 0.488 e. The van der Waals surface area contributed by atoms with E-state index in [0.717, 1.165) is 42.9 Å². The van der Waals surface area contributed by atoms with Gasteiger partial charge in [-0.3, -0.25) is 4.79 Å². The van der Waals surface area contributed by atoms with Crippen molar-refractivity contribution < 1.29 is 14.1 Å². The topological polar surface area (TPSA) is 55.6 Å². The summed E-state index contributed by atoms with van der Waals surface area (Å²) < 4.78 is 11.0. The van der Waals surface area contributed by atoms with Crippen LogP contribution < -0.4 is 4.74 Å². The maximum Gasteiger partial charge on any atom is 0.257 e. The van der Waals surface area contributed by atoms with Gasteiger partial charge in [-0.25, -0.2) is 0 Å². The SMILES string of the molecule is Cc1noc(C)c1COc1ccccc1C(=O)N1CCCC1. The summed E-state index contributed by atoms with van der Waals surface area (Å²) in [6.07, 6.45) is 2.15. The maximum absolute atomic E-state index is 12.6. The van der Waals surface area contributed by atoms with Gasteiger partial charge in [-0.2, -0.15) is 0 Å². The number of likely N-dealkylation sites (tertiary alicyclic amines) is 1. The number of hydrogen-bond acceptors (Lipinski definition) is 4. The normalized spacial score (nSPS) is 14.4. The van der Waals surface area contributed by atoms with E-state index in [2.05, 4.69) is 5.16 Å². The molecule has 2 aromatic rings. The molecule has 0 unspecified atom stereocenters. The Morgan fingerprint density at radius 1 is 1.27 bits per heavy atom. The molecule has 0 bridgehead atoms. The molecular weight excluding hydrogens is 280 g/mol. The van der Waals surface area contributed by atoms with Crippen molar-refractivity contribution in [3.63, 3.8) is 0 Å². The standard InChI is InChI=1S/C17H20N2O3/c1-12-15(13(2)22-18-12)11-21-16-8-4-3-7-14(16)17(20)19-9-5-6-10-19/h3-4,7-8H,5-6,9-11H2,1-2H3. The highest BCUT2D eigenvalue weighted by Gasteiger charge is 2.22. The summed E-state index contributed by atoms with van der Waals surface area (Å²) in [6, 6.07) is 7.40. The summed E-state index contributed by atoms with van der Waals surface area (Å²) in [5.41, 5.74) is 2.38. The van der Waals surface area contributed by atoms with Crippen LogP contribution in [0.5, 0.6) is 5.75 Å². The van der Waals surface area contributed by atoms with Crippen molar-refractivity contribution in [1.82, 2.24) is 10.1 Å². The van der Waals surface area contributed by atoms with E-state index in [4.69, 9.17) is 9.26 Å². The zero-order chi connectivity index (χ0) is 15.5.